The lowest BCUT2D eigenvalue weighted by molar-refractivity contribution is -0.385. The molecule has 0 aliphatic heterocycles. The number of pyridine rings is 1. The molecule has 0 atom stereocenters. The number of imidazole rings is 1. The van der Waals surface area contributed by atoms with Crippen LogP contribution in [0.4, 0.5) is 17.5 Å². The summed E-state index contributed by atoms with van der Waals surface area (Å²) in [4.78, 5) is 30.1. The van der Waals surface area contributed by atoms with E-state index in [2.05, 4.69) is 32.1 Å². The number of benzene rings is 1. The van der Waals surface area contributed by atoms with Crippen molar-refractivity contribution < 1.29 is 4.92 Å². The number of halogens is 2. The van der Waals surface area contributed by atoms with Gasteiger partial charge in [0.2, 0.25) is 5.95 Å². The summed E-state index contributed by atoms with van der Waals surface area (Å²) < 4.78 is 1.83. The minimum Gasteiger partial charge on any atom is -0.368 e. The highest BCUT2D eigenvalue weighted by Gasteiger charge is 2.17. The largest absolute Gasteiger partial charge is 0.368 e. The Bertz CT molecular complexity index is 1300. The van der Waals surface area contributed by atoms with Crippen LogP contribution in [0.15, 0.2) is 61.4 Å². The summed E-state index contributed by atoms with van der Waals surface area (Å²) in [7, 11) is 0. The van der Waals surface area contributed by atoms with Crippen LogP contribution in [0.5, 0.6) is 0 Å². The monoisotopic (exact) mass is 512 g/mol. The van der Waals surface area contributed by atoms with E-state index in [0.717, 1.165) is 24.2 Å². The molecule has 35 heavy (non-hydrogen) atoms. The number of anilines is 2. The standard InChI is InChI=1S/C23H22Cl2N8O2/c1-2-9-31(11-8-27-21-6-4-17(13-28-21)33(34)35)23-29-14-20(32-10-7-26-15-32)22(30-23)18-5-3-16(24)12-19(18)25/h3-7,10,12-15H,2,8-9,11H2,1H3,(H,27,28). The number of hydrogen-bond donors (Lipinski definition) is 1. The average molecular weight is 513 g/mol. The molecule has 0 unspecified atom stereocenters. The molecular weight excluding hydrogens is 491 g/mol. The molecule has 0 saturated heterocycles. The second-order valence-corrected chi connectivity index (χ2v) is 8.41. The molecule has 4 rings (SSSR count). The van der Waals surface area contributed by atoms with Gasteiger partial charge in [-0.05, 0) is 30.7 Å². The fourth-order valence-corrected chi connectivity index (χ4v) is 3.99. The van der Waals surface area contributed by atoms with E-state index in [1.165, 1.54) is 12.3 Å². The lowest BCUT2D eigenvalue weighted by Crippen LogP contribution is -2.31. The highest BCUT2D eigenvalue weighted by Crippen LogP contribution is 2.33. The highest BCUT2D eigenvalue weighted by molar-refractivity contribution is 6.36. The van der Waals surface area contributed by atoms with Crippen LogP contribution < -0.4 is 10.2 Å². The van der Waals surface area contributed by atoms with Gasteiger partial charge < -0.3 is 14.8 Å². The van der Waals surface area contributed by atoms with E-state index in [1.54, 1.807) is 36.9 Å². The zero-order valence-electron chi connectivity index (χ0n) is 18.8. The zero-order valence-corrected chi connectivity index (χ0v) is 20.3. The first-order chi connectivity index (χ1) is 17.0. The molecule has 1 N–H and O–H groups in total. The second kappa shape index (κ2) is 11.1. The van der Waals surface area contributed by atoms with Crippen molar-refractivity contribution >= 4 is 40.7 Å². The topological polar surface area (TPSA) is 115 Å². The molecule has 0 bridgehead atoms. The number of rotatable bonds is 10. The molecule has 0 fully saturated rings. The van der Waals surface area contributed by atoms with E-state index in [0.29, 0.717) is 40.6 Å². The van der Waals surface area contributed by atoms with Crippen molar-refractivity contribution in [3.63, 3.8) is 0 Å². The van der Waals surface area contributed by atoms with Crippen molar-refractivity contribution in [2.24, 2.45) is 0 Å². The molecule has 3 aromatic heterocycles. The van der Waals surface area contributed by atoms with Crippen LogP contribution in [0.3, 0.4) is 0 Å². The van der Waals surface area contributed by atoms with Gasteiger partial charge in [-0.1, -0.05) is 30.1 Å². The molecule has 10 nitrogen and oxygen atoms in total. The van der Waals surface area contributed by atoms with Crippen LogP contribution >= 0.6 is 23.2 Å². The molecule has 180 valence electrons. The number of nitrogens with zero attached hydrogens (tertiary/aromatic N) is 7. The lowest BCUT2D eigenvalue weighted by Gasteiger charge is -2.23. The predicted molar refractivity (Wildman–Crippen MR) is 136 cm³/mol. The van der Waals surface area contributed by atoms with Gasteiger partial charge in [-0.25, -0.2) is 19.9 Å². The van der Waals surface area contributed by atoms with E-state index in [4.69, 9.17) is 28.2 Å². The minimum absolute atomic E-state index is 0.0528. The summed E-state index contributed by atoms with van der Waals surface area (Å²) in [6.07, 6.45) is 9.04. The SMILES string of the molecule is CCCN(CCNc1ccc([N+](=O)[O-])cn1)c1ncc(-n2ccnc2)c(-c2ccc(Cl)cc2Cl)n1. The lowest BCUT2D eigenvalue weighted by atomic mass is 10.1. The second-order valence-electron chi connectivity index (χ2n) is 7.57. The van der Waals surface area contributed by atoms with Crippen LogP contribution in [-0.4, -0.2) is 49.1 Å². The van der Waals surface area contributed by atoms with Crippen LogP contribution in [0.2, 0.25) is 10.0 Å². The van der Waals surface area contributed by atoms with Gasteiger partial charge in [0.25, 0.3) is 5.69 Å². The van der Waals surface area contributed by atoms with E-state index in [1.807, 2.05) is 16.8 Å². The van der Waals surface area contributed by atoms with Gasteiger partial charge in [0.05, 0.1) is 28.2 Å². The molecule has 3 heterocycles. The van der Waals surface area contributed by atoms with Gasteiger partial charge in [0.15, 0.2) is 0 Å². The van der Waals surface area contributed by atoms with E-state index >= 15 is 0 Å². The van der Waals surface area contributed by atoms with Crippen LogP contribution in [0.1, 0.15) is 13.3 Å². The van der Waals surface area contributed by atoms with Gasteiger partial charge >= 0.3 is 0 Å². The first-order valence-electron chi connectivity index (χ1n) is 10.9. The maximum absolute atomic E-state index is 10.8. The third kappa shape index (κ3) is 5.84. The first kappa shape index (κ1) is 24.4. The Morgan fingerprint density at radius 1 is 1.14 bits per heavy atom. The smallest absolute Gasteiger partial charge is 0.287 e. The maximum Gasteiger partial charge on any atom is 0.287 e. The van der Waals surface area contributed by atoms with Crippen molar-refractivity contribution in [3.8, 4) is 16.9 Å². The van der Waals surface area contributed by atoms with Gasteiger partial charge in [-0.15, -0.1) is 0 Å². The third-order valence-corrected chi connectivity index (χ3v) is 5.70. The Balaban J connectivity index is 1.60. The van der Waals surface area contributed by atoms with Crippen molar-refractivity contribution in [2.75, 3.05) is 29.9 Å². The average Bonchev–Trinajstić information content (AvgIpc) is 3.38. The summed E-state index contributed by atoms with van der Waals surface area (Å²) in [6.45, 7) is 3.93. The highest BCUT2D eigenvalue weighted by atomic mass is 35.5. The van der Waals surface area contributed by atoms with Crippen molar-refractivity contribution in [1.82, 2.24) is 24.5 Å². The zero-order chi connectivity index (χ0) is 24.8. The Kier molecular flexibility index (Phi) is 7.74. The first-order valence-corrected chi connectivity index (χ1v) is 11.6. The normalized spacial score (nSPS) is 10.8. The Morgan fingerprint density at radius 2 is 2.00 bits per heavy atom. The van der Waals surface area contributed by atoms with Gasteiger partial charge in [0.1, 0.15) is 17.7 Å². The summed E-state index contributed by atoms with van der Waals surface area (Å²) >= 11 is 12.6. The molecule has 0 saturated carbocycles. The Morgan fingerprint density at radius 3 is 2.66 bits per heavy atom. The van der Waals surface area contributed by atoms with Crippen molar-refractivity contribution in [1.29, 1.82) is 0 Å². The predicted octanol–water partition coefficient (Wildman–Crippen LogP) is 5.27. The van der Waals surface area contributed by atoms with Gasteiger partial charge in [-0.3, -0.25) is 10.1 Å². The summed E-state index contributed by atoms with van der Waals surface area (Å²) in [5.74, 6) is 1.10. The Hall–Kier alpha value is -3.76. The number of nitrogens with one attached hydrogen (secondary N) is 1. The van der Waals surface area contributed by atoms with E-state index < -0.39 is 4.92 Å². The van der Waals surface area contributed by atoms with E-state index in [9.17, 15) is 10.1 Å². The third-order valence-electron chi connectivity index (χ3n) is 5.15. The number of hydrogen-bond acceptors (Lipinski definition) is 8. The molecule has 1 aromatic carbocycles. The molecule has 4 aromatic rings. The Labute approximate surface area is 211 Å². The molecule has 0 radical (unpaired) electrons. The summed E-state index contributed by atoms with van der Waals surface area (Å²) in [5, 5.41) is 15.0. The summed E-state index contributed by atoms with van der Waals surface area (Å²) in [6, 6.07) is 8.29. The number of nitro groups is 1. The van der Waals surface area contributed by atoms with Crippen LogP contribution in [-0.2, 0) is 0 Å². The van der Waals surface area contributed by atoms with Crippen LogP contribution in [0.25, 0.3) is 16.9 Å². The fraction of sp³-hybridized carbons (Fsp3) is 0.217. The number of aromatic nitrogens is 5. The van der Waals surface area contributed by atoms with Crippen LogP contribution in [0, 0.1) is 10.1 Å². The molecule has 0 aliphatic rings. The van der Waals surface area contributed by atoms with Crippen molar-refractivity contribution in [3.05, 3.63) is 81.6 Å². The van der Waals surface area contributed by atoms with E-state index in [-0.39, 0.29) is 5.69 Å². The fourth-order valence-electron chi connectivity index (χ4n) is 3.49. The molecular formula is C23H22Cl2N8O2. The molecule has 0 amide bonds. The van der Waals surface area contributed by atoms with Crippen molar-refractivity contribution in [2.45, 2.75) is 13.3 Å². The molecule has 0 spiro atoms. The quantitative estimate of drug-likeness (QED) is 0.225. The molecule has 12 heteroatoms. The maximum atomic E-state index is 10.8. The molecule has 0 aliphatic carbocycles. The minimum atomic E-state index is -0.477. The van der Waals surface area contributed by atoms with Gasteiger partial charge in [-0.2, -0.15) is 0 Å². The summed E-state index contributed by atoms with van der Waals surface area (Å²) in [5.41, 5.74) is 2.07. The van der Waals surface area contributed by atoms with Gasteiger partial charge in [0, 0.05) is 48.7 Å².